The van der Waals surface area contributed by atoms with Gasteiger partial charge in [-0.3, -0.25) is 4.79 Å². The molecule has 0 aromatic heterocycles. The van der Waals surface area contributed by atoms with Gasteiger partial charge in [0.1, 0.15) is 0 Å². The summed E-state index contributed by atoms with van der Waals surface area (Å²) in [5.74, 6) is 0.00403. The van der Waals surface area contributed by atoms with Crippen molar-refractivity contribution in [1.29, 1.82) is 0 Å². The van der Waals surface area contributed by atoms with Gasteiger partial charge in [0.25, 0.3) is 0 Å². The first-order chi connectivity index (χ1) is 5.34. The molecule has 0 heterocycles. The van der Waals surface area contributed by atoms with Crippen molar-refractivity contribution in [2.75, 3.05) is 27.2 Å². The predicted molar refractivity (Wildman–Crippen MR) is 52.8 cm³/mol. The fourth-order valence-electron chi connectivity index (χ4n) is 0.632. The molecule has 1 N–H and O–H groups in total. The molecule has 0 bridgehead atoms. The Bertz CT molecular complexity index is 157. The van der Waals surface area contributed by atoms with Crippen molar-refractivity contribution in [3.63, 3.8) is 0 Å². The van der Waals surface area contributed by atoms with Crippen LogP contribution in [0, 0.1) is 12.3 Å². The maximum absolute atomic E-state index is 11.3. The van der Waals surface area contributed by atoms with Crippen molar-refractivity contribution >= 4 is 5.91 Å². The van der Waals surface area contributed by atoms with E-state index in [9.17, 15) is 4.79 Å². The molecule has 0 aromatic carbocycles. The average molecular weight is 357 g/mol. The molecule has 4 heteroatoms. The number of hydrogen-bond acceptors (Lipinski definition) is 2. The van der Waals surface area contributed by atoms with E-state index >= 15 is 0 Å². The minimum absolute atomic E-state index is 0. The molecule has 0 saturated carbocycles. The summed E-state index contributed by atoms with van der Waals surface area (Å²) in [6.45, 7) is 8.90. The van der Waals surface area contributed by atoms with E-state index in [0.29, 0.717) is 6.54 Å². The average Bonchev–Trinajstić information content (AvgIpc) is 1.84. The molecule has 0 fully saturated rings. The summed E-state index contributed by atoms with van der Waals surface area (Å²) in [4.78, 5) is 13.3. The first kappa shape index (κ1) is 15.6. The molecule has 0 aliphatic carbocycles. The zero-order valence-corrected chi connectivity index (χ0v) is 11.8. The van der Waals surface area contributed by atoms with Crippen LogP contribution in [0.15, 0.2) is 0 Å². The van der Waals surface area contributed by atoms with Gasteiger partial charge in [-0.25, -0.2) is 0 Å². The first-order valence-corrected chi connectivity index (χ1v) is 4.12. The first-order valence-electron chi connectivity index (χ1n) is 4.12. The van der Waals surface area contributed by atoms with Gasteiger partial charge in [0.05, 0.1) is 0 Å². The van der Waals surface area contributed by atoms with Gasteiger partial charge >= 0.3 is 0 Å². The van der Waals surface area contributed by atoms with E-state index < -0.39 is 5.41 Å². The van der Waals surface area contributed by atoms with Crippen LogP contribution in [0.3, 0.4) is 0 Å². The van der Waals surface area contributed by atoms with Gasteiger partial charge in [0, 0.05) is 35.6 Å². The number of carbonyl (C=O) groups excluding carboxylic acids is 1. The van der Waals surface area contributed by atoms with E-state index in [1.165, 1.54) is 0 Å². The van der Waals surface area contributed by atoms with Gasteiger partial charge in [-0.15, -0.1) is 0 Å². The molecule has 0 aliphatic rings. The van der Waals surface area contributed by atoms with Gasteiger partial charge in [-0.2, -0.15) is 0 Å². The van der Waals surface area contributed by atoms with Crippen LogP contribution in [-0.2, 0) is 25.9 Å². The number of hydrogen-bond donors (Lipinski definition) is 1. The standard InChI is InChI=1S/C9H19N2O.W.H2/c1-9(2,3)8(12)10-6-7-11(4)5;;/h1,6-7H2,2-5H3,(H,10,12);;1H/q-1;;. The third kappa shape index (κ3) is 8.45. The van der Waals surface area contributed by atoms with Crippen LogP contribution in [-0.4, -0.2) is 38.0 Å². The zero-order valence-electron chi connectivity index (χ0n) is 8.89. The molecule has 0 spiro atoms. The van der Waals surface area contributed by atoms with E-state index in [0.717, 1.165) is 6.54 Å². The van der Waals surface area contributed by atoms with E-state index in [1.54, 1.807) is 13.8 Å². The maximum atomic E-state index is 11.3. The Balaban J connectivity index is -0.000000605. The monoisotopic (exact) mass is 357 g/mol. The van der Waals surface area contributed by atoms with E-state index in [2.05, 4.69) is 12.2 Å². The Labute approximate surface area is 97.0 Å². The van der Waals surface area contributed by atoms with Crippen molar-refractivity contribution in [3.8, 4) is 0 Å². The number of likely N-dealkylation sites (N-methyl/N-ethyl adjacent to an activating group) is 1. The van der Waals surface area contributed by atoms with E-state index in [1.807, 2.05) is 19.0 Å². The van der Waals surface area contributed by atoms with Crippen molar-refractivity contribution in [1.82, 2.24) is 10.2 Å². The Morgan fingerprint density at radius 3 is 2.31 bits per heavy atom. The second kappa shape index (κ2) is 6.55. The van der Waals surface area contributed by atoms with Crippen molar-refractivity contribution in [3.05, 3.63) is 6.92 Å². The Morgan fingerprint density at radius 2 is 2.00 bits per heavy atom. The van der Waals surface area contributed by atoms with Crippen molar-refractivity contribution < 1.29 is 27.3 Å². The normalized spacial score (nSPS) is 10.9. The van der Waals surface area contributed by atoms with Crippen LogP contribution in [0.4, 0.5) is 0 Å². The topological polar surface area (TPSA) is 32.3 Å². The molecular formula is C9H21N2OW-. The number of nitrogens with one attached hydrogen (secondary N) is 1. The van der Waals surface area contributed by atoms with Gasteiger partial charge in [-0.1, -0.05) is 19.3 Å². The Morgan fingerprint density at radius 1 is 1.54 bits per heavy atom. The molecule has 0 saturated heterocycles. The van der Waals surface area contributed by atoms with Gasteiger partial charge < -0.3 is 17.1 Å². The number of amides is 1. The molecule has 0 radical (unpaired) electrons. The molecule has 0 rings (SSSR count). The van der Waals surface area contributed by atoms with Gasteiger partial charge in [0.15, 0.2) is 5.91 Å². The minimum Gasteiger partial charge on any atom is -0.357 e. The SMILES string of the molecule is [CH2-]C(C)(C)C(=O)NCCN(C)C.[HH].[W]. The van der Waals surface area contributed by atoms with E-state index in [4.69, 9.17) is 0 Å². The van der Waals surface area contributed by atoms with Crippen LogP contribution in [0.25, 0.3) is 0 Å². The molecule has 0 unspecified atom stereocenters. The smallest absolute Gasteiger partial charge is 0.195 e. The van der Waals surface area contributed by atoms with Crippen LogP contribution in [0.5, 0.6) is 0 Å². The fourth-order valence-corrected chi connectivity index (χ4v) is 0.632. The fraction of sp³-hybridized carbons (Fsp3) is 0.778. The van der Waals surface area contributed by atoms with E-state index in [-0.39, 0.29) is 28.4 Å². The largest absolute Gasteiger partial charge is 0.357 e. The third-order valence-corrected chi connectivity index (χ3v) is 1.46. The molecule has 0 aliphatic heterocycles. The Kier molecular flexibility index (Phi) is 7.86. The van der Waals surface area contributed by atoms with Gasteiger partial charge in [-0.05, 0) is 14.1 Å². The van der Waals surface area contributed by atoms with Crippen LogP contribution in [0.1, 0.15) is 15.3 Å². The second-order valence-corrected chi connectivity index (χ2v) is 3.94. The predicted octanol–water partition coefficient (Wildman–Crippen LogP) is 0.768. The quantitative estimate of drug-likeness (QED) is 0.754. The molecule has 3 nitrogen and oxygen atoms in total. The third-order valence-electron chi connectivity index (χ3n) is 1.46. The molecule has 1 amide bonds. The van der Waals surface area contributed by atoms with Crippen molar-refractivity contribution in [2.24, 2.45) is 5.41 Å². The molecule has 13 heavy (non-hydrogen) atoms. The summed E-state index contributed by atoms with van der Waals surface area (Å²) < 4.78 is 0. The summed E-state index contributed by atoms with van der Waals surface area (Å²) in [6, 6.07) is 0. The summed E-state index contributed by atoms with van der Waals surface area (Å²) in [5.41, 5.74) is -0.522. The number of nitrogens with zero attached hydrogens (tertiary/aromatic N) is 1. The zero-order chi connectivity index (χ0) is 9.78. The summed E-state index contributed by atoms with van der Waals surface area (Å²) in [7, 11) is 3.95. The summed E-state index contributed by atoms with van der Waals surface area (Å²) in [5, 5.41) is 2.81. The van der Waals surface area contributed by atoms with Crippen LogP contribution >= 0.6 is 0 Å². The Hall–Kier alpha value is 0.118. The second-order valence-electron chi connectivity index (χ2n) is 3.94. The summed E-state index contributed by atoms with van der Waals surface area (Å²) >= 11 is 0. The molecule has 0 atom stereocenters. The van der Waals surface area contributed by atoms with Crippen LogP contribution < -0.4 is 5.32 Å². The maximum Gasteiger partial charge on any atom is 0.195 e. The minimum atomic E-state index is -0.522. The van der Waals surface area contributed by atoms with Crippen molar-refractivity contribution in [2.45, 2.75) is 13.8 Å². The number of carbonyl (C=O) groups is 1. The molecular weight excluding hydrogens is 336 g/mol. The summed E-state index contributed by atoms with van der Waals surface area (Å²) in [6.07, 6.45) is 0. The molecule has 0 aromatic rings. The van der Waals surface area contributed by atoms with Crippen LogP contribution in [0.2, 0.25) is 0 Å². The number of rotatable bonds is 4. The molecule has 80 valence electrons. The van der Waals surface area contributed by atoms with Gasteiger partial charge in [0.2, 0.25) is 0 Å².